The number of hydrogen-bond donors (Lipinski definition) is 0. The van der Waals surface area contributed by atoms with Gasteiger partial charge in [0.05, 0.1) is 12.1 Å². The molecule has 1 aromatic carbocycles. The molecule has 3 rings (SSSR count). The van der Waals surface area contributed by atoms with Crippen LogP contribution in [0.2, 0.25) is 0 Å². The van der Waals surface area contributed by atoms with Crippen molar-refractivity contribution in [1.82, 2.24) is 4.98 Å². The second-order valence-corrected chi connectivity index (χ2v) is 4.11. The minimum atomic E-state index is 0.796. The first-order valence-electron chi connectivity index (χ1n) is 5.39. The molecule has 0 bridgehead atoms. The Morgan fingerprint density at radius 2 is 2.20 bits per heavy atom. The molecule has 0 radical (unpaired) electrons. The zero-order valence-corrected chi connectivity index (χ0v) is 8.52. The average Bonchev–Trinajstić information content (AvgIpc) is 3.10. The molecule has 1 heterocycles. The Morgan fingerprint density at radius 1 is 1.27 bits per heavy atom. The van der Waals surface area contributed by atoms with Crippen molar-refractivity contribution in [1.29, 1.82) is 0 Å². The number of rotatable bonds is 3. The van der Waals surface area contributed by atoms with E-state index in [1.54, 1.807) is 0 Å². The van der Waals surface area contributed by atoms with Crippen LogP contribution in [-0.2, 0) is 0 Å². The van der Waals surface area contributed by atoms with Crippen LogP contribution in [0.4, 0.5) is 0 Å². The largest absolute Gasteiger partial charge is 0.493 e. The van der Waals surface area contributed by atoms with Crippen molar-refractivity contribution in [3.8, 4) is 5.75 Å². The van der Waals surface area contributed by atoms with Crippen LogP contribution < -0.4 is 4.74 Å². The van der Waals surface area contributed by atoms with Gasteiger partial charge in [-0.15, -0.1) is 0 Å². The first-order valence-corrected chi connectivity index (χ1v) is 5.39. The minimum Gasteiger partial charge on any atom is -0.493 e. The van der Waals surface area contributed by atoms with E-state index in [0.29, 0.717) is 0 Å². The molecule has 15 heavy (non-hydrogen) atoms. The zero-order valence-electron chi connectivity index (χ0n) is 8.52. The van der Waals surface area contributed by atoms with Crippen molar-refractivity contribution in [2.24, 2.45) is 5.92 Å². The highest BCUT2D eigenvalue weighted by Gasteiger charge is 2.21. The first-order chi connectivity index (χ1) is 7.42. The SMILES string of the molecule is c1cnc2cc(OCC3CC3)ccc2c1. The van der Waals surface area contributed by atoms with Gasteiger partial charge in [-0.05, 0) is 37.0 Å². The summed E-state index contributed by atoms with van der Waals surface area (Å²) in [7, 11) is 0. The third-order valence-electron chi connectivity index (χ3n) is 2.76. The van der Waals surface area contributed by atoms with Crippen molar-refractivity contribution >= 4 is 10.9 Å². The van der Waals surface area contributed by atoms with Crippen LogP contribution in [0, 0.1) is 5.92 Å². The molecule has 1 aliphatic carbocycles. The van der Waals surface area contributed by atoms with E-state index in [-0.39, 0.29) is 0 Å². The predicted molar refractivity (Wildman–Crippen MR) is 60.0 cm³/mol. The number of nitrogens with zero attached hydrogens (tertiary/aromatic N) is 1. The minimum absolute atomic E-state index is 0.796. The lowest BCUT2D eigenvalue weighted by Crippen LogP contribution is -1.98. The maximum Gasteiger partial charge on any atom is 0.121 e. The molecule has 2 aromatic rings. The molecule has 0 saturated heterocycles. The number of pyridine rings is 1. The Labute approximate surface area is 88.9 Å². The van der Waals surface area contributed by atoms with E-state index in [1.807, 2.05) is 24.4 Å². The summed E-state index contributed by atoms with van der Waals surface area (Å²) in [5.41, 5.74) is 1.01. The molecule has 76 valence electrons. The molecule has 1 fully saturated rings. The molecular formula is C13H13NO. The fraction of sp³-hybridized carbons (Fsp3) is 0.308. The number of benzene rings is 1. The van der Waals surface area contributed by atoms with E-state index in [0.717, 1.165) is 29.2 Å². The van der Waals surface area contributed by atoms with Crippen LogP contribution >= 0.6 is 0 Å². The standard InChI is InChI=1S/C13H13NO/c1-2-11-5-6-12(8-13(11)14-7-1)15-9-10-3-4-10/h1-2,5-8,10H,3-4,9H2. The first kappa shape index (κ1) is 8.72. The van der Waals surface area contributed by atoms with Gasteiger partial charge in [-0.3, -0.25) is 4.98 Å². The Balaban J connectivity index is 1.84. The lowest BCUT2D eigenvalue weighted by atomic mass is 10.2. The van der Waals surface area contributed by atoms with E-state index in [9.17, 15) is 0 Å². The molecule has 2 nitrogen and oxygen atoms in total. The number of aromatic nitrogens is 1. The predicted octanol–water partition coefficient (Wildman–Crippen LogP) is 3.02. The van der Waals surface area contributed by atoms with Crippen LogP contribution in [0.1, 0.15) is 12.8 Å². The topological polar surface area (TPSA) is 22.1 Å². The van der Waals surface area contributed by atoms with Crippen molar-refractivity contribution in [3.63, 3.8) is 0 Å². The molecule has 0 amide bonds. The summed E-state index contributed by atoms with van der Waals surface area (Å²) < 4.78 is 5.70. The summed E-state index contributed by atoms with van der Waals surface area (Å²) in [5, 5.41) is 1.16. The summed E-state index contributed by atoms with van der Waals surface area (Å²) >= 11 is 0. The molecule has 1 aromatic heterocycles. The molecule has 0 aliphatic heterocycles. The monoisotopic (exact) mass is 199 g/mol. The van der Waals surface area contributed by atoms with Gasteiger partial charge in [0, 0.05) is 17.6 Å². The van der Waals surface area contributed by atoms with Gasteiger partial charge in [-0.25, -0.2) is 0 Å². The second kappa shape index (κ2) is 3.54. The van der Waals surface area contributed by atoms with Gasteiger partial charge in [0.25, 0.3) is 0 Å². The maximum atomic E-state index is 5.70. The van der Waals surface area contributed by atoms with Crippen molar-refractivity contribution in [2.45, 2.75) is 12.8 Å². The molecule has 1 aliphatic rings. The van der Waals surface area contributed by atoms with Crippen LogP contribution in [0.15, 0.2) is 36.5 Å². The summed E-state index contributed by atoms with van der Waals surface area (Å²) in [6.45, 7) is 0.859. The Bertz CT molecular complexity index is 477. The maximum absolute atomic E-state index is 5.70. The van der Waals surface area contributed by atoms with Crippen LogP contribution in [0.5, 0.6) is 5.75 Å². The highest BCUT2D eigenvalue weighted by Crippen LogP contribution is 2.30. The highest BCUT2D eigenvalue weighted by molar-refractivity contribution is 5.79. The van der Waals surface area contributed by atoms with Crippen molar-refractivity contribution in [2.75, 3.05) is 6.61 Å². The molecule has 0 N–H and O–H groups in total. The number of fused-ring (bicyclic) bond motifs is 1. The average molecular weight is 199 g/mol. The van der Waals surface area contributed by atoms with Gasteiger partial charge in [0.1, 0.15) is 5.75 Å². The summed E-state index contributed by atoms with van der Waals surface area (Å²) in [4.78, 5) is 4.30. The van der Waals surface area contributed by atoms with E-state index in [4.69, 9.17) is 4.74 Å². The molecular weight excluding hydrogens is 186 g/mol. The van der Waals surface area contributed by atoms with Gasteiger partial charge in [0.2, 0.25) is 0 Å². The fourth-order valence-corrected chi connectivity index (χ4v) is 1.63. The normalized spacial score (nSPS) is 15.5. The van der Waals surface area contributed by atoms with Gasteiger partial charge >= 0.3 is 0 Å². The third-order valence-corrected chi connectivity index (χ3v) is 2.76. The van der Waals surface area contributed by atoms with Gasteiger partial charge in [0.15, 0.2) is 0 Å². The summed E-state index contributed by atoms with van der Waals surface area (Å²) in [6.07, 6.45) is 4.46. The van der Waals surface area contributed by atoms with Crippen LogP contribution in [0.25, 0.3) is 10.9 Å². The summed E-state index contributed by atoms with van der Waals surface area (Å²) in [6, 6.07) is 10.1. The third kappa shape index (κ3) is 1.94. The molecule has 0 unspecified atom stereocenters. The van der Waals surface area contributed by atoms with Crippen LogP contribution in [0.3, 0.4) is 0 Å². The van der Waals surface area contributed by atoms with E-state index in [2.05, 4.69) is 17.1 Å². The quantitative estimate of drug-likeness (QED) is 0.758. The lowest BCUT2D eigenvalue weighted by Gasteiger charge is -2.05. The lowest BCUT2D eigenvalue weighted by molar-refractivity contribution is 0.300. The van der Waals surface area contributed by atoms with Crippen LogP contribution in [-0.4, -0.2) is 11.6 Å². The smallest absolute Gasteiger partial charge is 0.121 e. The fourth-order valence-electron chi connectivity index (χ4n) is 1.63. The van der Waals surface area contributed by atoms with Gasteiger partial charge in [-0.2, -0.15) is 0 Å². The number of ether oxygens (including phenoxy) is 1. The van der Waals surface area contributed by atoms with E-state index < -0.39 is 0 Å². The zero-order chi connectivity index (χ0) is 10.1. The second-order valence-electron chi connectivity index (χ2n) is 4.11. The highest BCUT2D eigenvalue weighted by atomic mass is 16.5. The Kier molecular flexibility index (Phi) is 2.05. The molecule has 2 heteroatoms. The number of hydrogen-bond acceptors (Lipinski definition) is 2. The molecule has 1 saturated carbocycles. The Morgan fingerprint density at radius 3 is 3.07 bits per heavy atom. The van der Waals surface area contributed by atoms with Gasteiger partial charge < -0.3 is 4.74 Å². The molecule has 0 atom stereocenters. The molecule has 0 spiro atoms. The van der Waals surface area contributed by atoms with Gasteiger partial charge in [-0.1, -0.05) is 6.07 Å². The van der Waals surface area contributed by atoms with Crippen molar-refractivity contribution < 1.29 is 4.74 Å². The van der Waals surface area contributed by atoms with Crippen molar-refractivity contribution in [3.05, 3.63) is 36.5 Å². The Hall–Kier alpha value is -1.57. The summed E-state index contributed by atoms with van der Waals surface area (Å²) in [5.74, 6) is 1.73. The van der Waals surface area contributed by atoms with E-state index in [1.165, 1.54) is 12.8 Å². The van der Waals surface area contributed by atoms with E-state index >= 15 is 0 Å².